The molecule has 0 saturated heterocycles. The monoisotopic (exact) mass is 206 g/mol. The Balaban J connectivity index is 2.68. The number of carboxylic acids is 1. The Hall–Kier alpha value is -2.44. The molecule has 15 heavy (non-hydrogen) atoms. The van der Waals surface area contributed by atoms with Crippen LogP contribution in [0.1, 0.15) is 10.5 Å². The fraction of sp³-hybridized carbons (Fsp3) is 0. The molecule has 0 fully saturated rings. The first-order valence-electron chi connectivity index (χ1n) is 4.01. The Labute approximate surface area is 83.0 Å². The molecular weight excluding hydrogens is 200 g/mol. The predicted molar refractivity (Wildman–Crippen MR) is 48.9 cm³/mol. The van der Waals surface area contributed by atoms with Crippen LogP contribution in [-0.4, -0.2) is 30.8 Å². The first-order chi connectivity index (χ1) is 7.20. The molecule has 2 aromatic rings. The number of hydrogen-bond acceptors (Lipinski definition) is 4. The van der Waals surface area contributed by atoms with Gasteiger partial charge in [-0.1, -0.05) is 0 Å². The van der Waals surface area contributed by atoms with Crippen LogP contribution in [0.15, 0.2) is 29.5 Å². The van der Waals surface area contributed by atoms with Crippen LogP contribution in [0, 0.1) is 0 Å². The number of pyridine rings is 1. The van der Waals surface area contributed by atoms with E-state index >= 15 is 0 Å². The van der Waals surface area contributed by atoms with E-state index < -0.39 is 11.7 Å². The molecule has 0 aliphatic heterocycles. The lowest BCUT2D eigenvalue weighted by molar-refractivity contribution is 0.0690. The lowest BCUT2D eigenvalue weighted by atomic mass is 10.3. The van der Waals surface area contributed by atoms with Crippen molar-refractivity contribution in [3.8, 4) is 5.69 Å². The highest BCUT2D eigenvalue weighted by molar-refractivity contribution is 5.89. The number of aromatic nitrogens is 4. The number of H-pyrrole nitrogens is 1. The molecule has 2 rings (SSSR count). The zero-order chi connectivity index (χ0) is 10.8. The van der Waals surface area contributed by atoms with Crippen LogP contribution >= 0.6 is 0 Å². The molecule has 2 aromatic heterocycles. The van der Waals surface area contributed by atoms with E-state index in [0.29, 0.717) is 0 Å². The minimum absolute atomic E-state index is 0.184. The molecule has 0 atom stereocenters. The van der Waals surface area contributed by atoms with Crippen molar-refractivity contribution in [1.82, 2.24) is 19.7 Å². The van der Waals surface area contributed by atoms with Crippen LogP contribution in [0.2, 0.25) is 0 Å². The Morgan fingerprint density at radius 2 is 2.33 bits per heavy atom. The van der Waals surface area contributed by atoms with Gasteiger partial charge in [0.05, 0.1) is 5.69 Å². The summed E-state index contributed by atoms with van der Waals surface area (Å²) in [6, 6.07) is 3.02. The number of nitrogens with zero attached hydrogens (tertiary/aromatic N) is 3. The molecule has 0 bridgehead atoms. The highest BCUT2D eigenvalue weighted by atomic mass is 16.4. The van der Waals surface area contributed by atoms with Gasteiger partial charge in [0.25, 0.3) is 0 Å². The third-order valence-electron chi connectivity index (χ3n) is 1.80. The Bertz CT molecular complexity index is 557. The van der Waals surface area contributed by atoms with Crippen molar-refractivity contribution in [2.24, 2.45) is 0 Å². The number of rotatable bonds is 2. The number of hydrogen-bond donors (Lipinski definition) is 2. The quantitative estimate of drug-likeness (QED) is 0.699. The molecular formula is C8H6N4O3. The first kappa shape index (κ1) is 9.13. The van der Waals surface area contributed by atoms with E-state index in [0.717, 1.165) is 4.57 Å². The zero-order valence-corrected chi connectivity index (χ0v) is 7.41. The van der Waals surface area contributed by atoms with Crippen LogP contribution in [0.4, 0.5) is 0 Å². The van der Waals surface area contributed by atoms with Gasteiger partial charge in [0.15, 0.2) is 5.69 Å². The fourth-order valence-electron chi connectivity index (χ4n) is 1.18. The minimum atomic E-state index is -1.20. The third kappa shape index (κ3) is 1.50. The van der Waals surface area contributed by atoms with Gasteiger partial charge in [0.2, 0.25) is 0 Å². The van der Waals surface area contributed by atoms with Gasteiger partial charge >= 0.3 is 11.7 Å². The van der Waals surface area contributed by atoms with Gasteiger partial charge in [-0.2, -0.15) is 5.10 Å². The van der Waals surface area contributed by atoms with E-state index in [2.05, 4.69) is 15.2 Å². The molecule has 0 aliphatic carbocycles. The zero-order valence-electron chi connectivity index (χ0n) is 7.41. The van der Waals surface area contributed by atoms with Gasteiger partial charge in [-0.15, -0.1) is 0 Å². The molecule has 2 heterocycles. The molecule has 7 nitrogen and oxygen atoms in total. The van der Waals surface area contributed by atoms with E-state index in [1.165, 1.54) is 18.6 Å². The van der Waals surface area contributed by atoms with E-state index in [4.69, 9.17) is 5.11 Å². The normalized spacial score (nSPS) is 10.1. The van der Waals surface area contributed by atoms with Crippen molar-refractivity contribution in [3.05, 3.63) is 40.8 Å². The molecule has 2 N–H and O–H groups in total. The van der Waals surface area contributed by atoms with Gasteiger partial charge in [-0.05, 0) is 12.1 Å². The lowest BCUT2D eigenvalue weighted by Gasteiger charge is -2.02. The molecule has 0 aromatic carbocycles. The van der Waals surface area contributed by atoms with Crippen molar-refractivity contribution in [3.63, 3.8) is 0 Å². The number of carboxylic acid groups (broad SMARTS) is 1. The van der Waals surface area contributed by atoms with Crippen molar-refractivity contribution >= 4 is 5.97 Å². The smallest absolute Gasteiger partial charge is 0.356 e. The fourth-order valence-corrected chi connectivity index (χ4v) is 1.18. The van der Waals surface area contributed by atoms with Crippen LogP contribution in [0.5, 0.6) is 0 Å². The van der Waals surface area contributed by atoms with Crippen molar-refractivity contribution in [1.29, 1.82) is 0 Å². The Morgan fingerprint density at radius 3 is 2.93 bits per heavy atom. The molecule has 7 heteroatoms. The molecule has 0 amide bonds. The summed E-state index contributed by atoms with van der Waals surface area (Å²) in [7, 11) is 0. The summed E-state index contributed by atoms with van der Waals surface area (Å²) in [6.07, 6.45) is 2.55. The molecule has 0 radical (unpaired) electrons. The molecule has 0 unspecified atom stereocenters. The van der Waals surface area contributed by atoms with E-state index in [1.807, 2.05) is 0 Å². The van der Waals surface area contributed by atoms with Crippen molar-refractivity contribution in [2.75, 3.05) is 0 Å². The highest BCUT2D eigenvalue weighted by Gasteiger charge is 2.13. The molecule has 76 valence electrons. The van der Waals surface area contributed by atoms with Crippen molar-refractivity contribution in [2.45, 2.75) is 0 Å². The average Bonchev–Trinajstić information content (AvgIpc) is 2.64. The standard InChI is InChI=1S/C8H6N4O3/c13-7(14)6-5(2-1-3-9-6)12-4-10-11-8(12)15/h1-4H,(H,11,15)(H,13,14). The molecule has 0 saturated carbocycles. The van der Waals surface area contributed by atoms with Crippen molar-refractivity contribution < 1.29 is 9.90 Å². The maximum absolute atomic E-state index is 11.2. The number of nitrogens with one attached hydrogen (secondary N) is 1. The maximum atomic E-state index is 11.2. The third-order valence-corrected chi connectivity index (χ3v) is 1.80. The molecule has 0 spiro atoms. The Morgan fingerprint density at radius 1 is 1.53 bits per heavy atom. The largest absolute Gasteiger partial charge is 0.476 e. The highest BCUT2D eigenvalue weighted by Crippen LogP contribution is 2.08. The van der Waals surface area contributed by atoms with Gasteiger partial charge in [0, 0.05) is 6.20 Å². The summed E-state index contributed by atoms with van der Waals surface area (Å²) in [5.41, 5.74) is -0.518. The number of aromatic amines is 1. The minimum Gasteiger partial charge on any atom is -0.476 e. The maximum Gasteiger partial charge on any atom is 0.356 e. The number of aromatic carboxylic acids is 1. The summed E-state index contributed by atoms with van der Waals surface area (Å²) in [6.45, 7) is 0. The Kier molecular flexibility index (Phi) is 2.05. The lowest BCUT2D eigenvalue weighted by Crippen LogP contribution is -2.17. The van der Waals surface area contributed by atoms with Crippen LogP contribution in [-0.2, 0) is 0 Å². The van der Waals surface area contributed by atoms with E-state index in [9.17, 15) is 9.59 Å². The summed E-state index contributed by atoms with van der Waals surface area (Å²) >= 11 is 0. The predicted octanol–water partition coefficient (Wildman–Crippen LogP) is -0.346. The van der Waals surface area contributed by atoms with Crippen LogP contribution < -0.4 is 5.69 Å². The summed E-state index contributed by atoms with van der Waals surface area (Å²) in [5, 5.41) is 14.5. The summed E-state index contributed by atoms with van der Waals surface area (Å²) in [5.74, 6) is -1.20. The van der Waals surface area contributed by atoms with E-state index in [1.54, 1.807) is 6.07 Å². The van der Waals surface area contributed by atoms with Gasteiger partial charge in [-0.3, -0.25) is 0 Å². The van der Waals surface area contributed by atoms with Crippen LogP contribution in [0.25, 0.3) is 5.69 Å². The van der Waals surface area contributed by atoms with Crippen LogP contribution in [0.3, 0.4) is 0 Å². The SMILES string of the molecule is O=C(O)c1ncccc1-n1cn[nH]c1=O. The average molecular weight is 206 g/mol. The second kappa shape index (κ2) is 3.37. The number of carbonyl (C=O) groups is 1. The molecule has 0 aliphatic rings. The van der Waals surface area contributed by atoms with Gasteiger partial charge in [-0.25, -0.2) is 24.2 Å². The second-order valence-electron chi connectivity index (χ2n) is 2.71. The first-order valence-corrected chi connectivity index (χ1v) is 4.01. The van der Waals surface area contributed by atoms with Gasteiger partial charge < -0.3 is 5.11 Å². The summed E-state index contributed by atoms with van der Waals surface area (Å²) < 4.78 is 1.08. The second-order valence-corrected chi connectivity index (χ2v) is 2.71. The van der Waals surface area contributed by atoms with E-state index in [-0.39, 0.29) is 11.4 Å². The van der Waals surface area contributed by atoms with Gasteiger partial charge in [0.1, 0.15) is 6.33 Å². The summed E-state index contributed by atoms with van der Waals surface area (Å²) in [4.78, 5) is 25.7. The topological polar surface area (TPSA) is 101 Å².